The van der Waals surface area contributed by atoms with Crippen molar-refractivity contribution in [1.29, 1.82) is 0 Å². The number of nitrogens with zero attached hydrogens (tertiary/aromatic N) is 3. The topological polar surface area (TPSA) is 38.7 Å². The molecule has 3 nitrogen and oxygen atoms in total. The zero-order valence-electron chi connectivity index (χ0n) is 9.99. The second-order valence-corrected chi connectivity index (χ2v) is 4.42. The van der Waals surface area contributed by atoms with E-state index in [0.29, 0.717) is 11.0 Å². The number of hydrogen-bond acceptors (Lipinski definition) is 3. The Balaban J connectivity index is 1.95. The summed E-state index contributed by atoms with van der Waals surface area (Å²) >= 11 is 5.86. The first kappa shape index (κ1) is 11.8. The molecule has 2 aromatic heterocycles. The highest BCUT2D eigenvalue weighted by Gasteiger charge is 2.03. The fourth-order valence-electron chi connectivity index (χ4n) is 1.80. The Kier molecular flexibility index (Phi) is 3.21. The molecule has 19 heavy (non-hydrogen) atoms. The van der Waals surface area contributed by atoms with Crippen LogP contribution in [-0.2, 0) is 0 Å². The van der Waals surface area contributed by atoms with Gasteiger partial charge in [-0.15, -0.1) is 0 Å². The van der Waals surface area contributed by atoms with Crippen molar-refractivity contribution < 1.29 is 0 Å². The van der Waals surface area contributed by atoms with Gasteiger partial charge in [0, 0.05) is 29.7 Å². The van der Waals surface area contributed by atoms with Crippen molar-refractivity contribution in [3.8, 4) is 22.5 Å². The monoisotopic (exact) mass is 267 g/mol. The molecule has 0 aliphatic carbocycles. The van der Waals surface area contributed by atoms with Crippen molar-refractivity contribution in [2.24, 2.45) is 0 Å². The molecule has 2 heterocycles. The minimum Gasteiger partial charge on any atom is -0.245 e. The molecule has 0 saturated carbocycles. The number of halogens is 1. The van der Waals surface area contributed by atoms with E-state index in [1.165, 1.54) is 0 Å². The Morgan fingerprint density at radius 3 is 2.16 bits per heavy atom. The van der Waals surface area contributed by atoms with E-state index in [0.717, 1.165) is 16.7 Å². The van der Waals surface area contributed by atoms with E-state index in [9.17, 15) is 0 Å². The normalized spacial score (nSPS) is 10.4. The van der Waals surface area contributed by atoms with Crippen LogP contribution in [0.5, 0.6) is 0 Å². The molecule has 0 bridgehead atoms. The molecule has 3 rings (SSSR count). The van der Waals surface area contributed by atoms with Crippen LogP contribution in [-0.4, -0.2) is 15.0 Å². The molecule has 92 valence electrons. The van der Waals surface area contributed by atoms with Gasteiger partial charge in [0.2, 0.25) is 0 Å². The summed E-state index contributed by atoms with van der Waals surface area (Å²) < 4.78 is 0. The zero-order valence-corrected chi connectivity index (χ0v) is 10.7. The van der Waals surface area contributed by atoms with Crippen molar-refractivity contribution in [2.75, 3.05) is 0 Å². The molecule has 4 heteroatoms. The number of benzene rings is 1. The maximum Gasteiger partial charge on any atom is 0.159 e. The quantitative estimate of drug-likeness (QED) is 0.662. The molecule has 0 amide bonds. The molecule has 0 fully saturated rings. The summed E-state index contributed by atoms with van der Waals surface area (Å²) in [7, 11) is 0. The van der Waals surface area contributed by atoms with Crippen LogP contribution in [0, 0.1) is 0 Å². The van der Waals surface area contributed by atoms with Crippen LogP contribution in [0.4, 0.5) is 0 Å². The molecule has 0 N–H and O–H groups in total. The Hall–Kier alpha value is -2.26. The third-order valence-corrected chi connectivity index (χ3v) is 2.95. The van der Waals surface area contributed by atoms with Crippen LogP contribution in [0.3, 0.4) is 0 Å². The number of aromatic nitrogens is 3. The van der Waals surface area contributed by atoms with Crippen LogP contribution < -0.4 is 0 Å². The van der Waals surface area contributed by atoms with Crippen molar-refractivity contribution in [3.05, 3.63) is 66.2 Å². The summed E-state index contributed by atoms with van der Waals surface area (Å²) in [6.07, 6.45) is 5.27. The van der Waals surface area contributed by atoms with E-state index in [1.807, 2.05) is 48.8 Å². The summed E-state index contributed by atoms with van der Waals surface area (Å²) in [5.74, 6) is 0.643. The molecule has 0 radical (unpaired) electrons. The lowest BCUT2D eigenvalue weighted by Crippen LogP contribution is -1.90. The molecule has 3 aromatic rings. The lowest BCUT2D eigenvalue weighted by molar-refractivity contribution is 1.17. The number of pyridine rings is 1. The summed E-state index contributed by atoms with van der Waals surface area (Å²) in [4.78, 5) is 12.7. The van der Waals surface area contributed by atoms with Gasteiger partial charge in [-0.2, -0.15) is 0 Å². The molecule has 0 atom stereocenters. The number of rotatable bonds is 2. The molecule has 0 unspecified atom stereocenters. The zero-order chi connectivity index (χ0) is 13.1. The molecule has 0 spiro atoms. The highest BCUT2D eigenvalue weighted by molar-refractivity contribution is 6.29. The minimum atomic E-state index is 0.438. The fourth-order valence-corrected chi connectivity index (χ4v) is 1.97. The maximum absolute atomic E-state index is 5.86. The number of hydrogen-bond donors (Lipinski definition) is 0. The Labute approximate surface area is 116 Å². The van der Waals surface area contributed by atoms with Gasteiger partial charge in [0.25, 0.3) is 0 Å². The average Bonchev–Trinajstić information content (AvgIpc) is 2.48. The first-order valence-corrected chi connectivity index (χ1v) is 6.20. The highest BCUT2D eigenvalue weighted by Crippen LogP contribution is 2.21. The van der Waals surface area contributed by atoms with Gasteiger partial charge in [0.05, 0.1) is 0 Å². The fraction of sp³-hybridized carbons (Fsp3) is 0. The van der Waals surface area contributed by atoms with Gasteiger partial charge in [-0.05, 0) is 17.7 Å². The molecule has 0 saturated heterocycles. The Morgan fingerprint density at radius 1 is 0.737 bits per heavy atom. The Bertz CT molecular complexity index is 681. The summed E-state index contributed by atoms with van der Waals surface area (Å²) in [5.41, 5.74) is 2.95. The van der Waals surface area contributed by atoms with Crippen LogP contribution >= 0.6 is 11.6 Å². The first-order chi connectivity index (χ1) is 9.33. The summed E-state index contributed by atoms with van der Waals surface area (Å²) in [5, 5.41) is 0.438. The second-order valence-electron chi connectivity index (χ2n) is 4.03. The molecular formula is C15H10ClN3. The van der Waals surface area contributed by atoms with E-state index in [2.05, 4.69) is 15.0 Å². The lowest BCUT2D eigenvalue weighted by Gasteiger charge is -2.03. The van der Waals surface area contributed by atoms with Crippen molar-refractivity contribution in [1.82, 2.24) is 15.0 Å². The SMILES string of the molecule is Clc1cc(-c2ncc(-c3ccccc3)cn2)ccn1. The summed E-state index contributed by atoms with van der Waals surface area (Å²) in [6.45, 7) is 0. The Morgan fingerprint density at radius 2 is 1.47 bits per heavy atom. The average molecular weight is 268 g/mol. The molecule has 0 aliphatic rings. The third-order valence-electron chi connectivity index (χ3n) is 2.74. The van der Waals surface area contributed by atoms with Crippen molar-refractivity contribution in [3.63, 3.8) is 0 Å². The minimum absolute atomic E-state index is 0.438. The van der Waals surface area contributed by atoms with E-state index in [1.54, 1.807) is 12.3 Å². The van der Waals surface area contributed by atoms with Crippen LogP contribution in [0.1, 0.15) is 0 Å². The second kappa shape index (κ2) is 5.16. The first-order valence-electron chi connectivity index (χ1n) is 5.82. The van der Waals surface area contributed by atoms with Gasteiger partial charge >= 0.3 is 0 Å². The van der Waals surface area contributed by atoms with Crippen LogP contribution in [0.2, 0.25) is 5.15 Å². The van der Waals surface area contributed by atoms with E-state index in [-0.39, 0.29) is 0 Å². The maximum atomic E-state index is 5.86. The van der Waals surface area contributed by atoms with E-state index >= 15 is 0 Å². The van der Waals surface area contributed by atoms with Crippen LogP contribution in [0.25, 0.3) is 22.5 Å². The molecular weight excluding hydrogens is 258 g/mol. The van der Waals surface area contributed by atoms with Gasteiger partial charge in [-0.3, -0.25) is 0 Å². The standard InChI is InChI=1S/C15H10ClN3/c16-14-8-12(6-7-17-14)15-18-9-13(10-19-15)11-4-2-1-3-5-11/h1-10H. The van der Waals surface area contributed by atoms with Gasteiger partial charge in [-0.1, -0.05) is 41.9 Å². The van der Waals surface area contributed by atoms with Gasteiger partial charge in [-0.25, -0.2) is 15.0 Å². The predicted octanol–water partition coefficient (Wildman–Crippen LogP) is 3.86. The smallest absolute Gasteiger partial charge is 0.159 e. The van der Waals surface area contributed by atoms with E-state index < -0.39 is 0 Å². The molecule has 1 aromatic carbocycles. The van der Waals surface area contributed by atoms with Gasteiger partial charge in [0.1, 0.15) is 5.15 Å². The van der Waals surface area contributed by atoms with Crippen LogP contribution in [0.15, 0.2) is 61.1 Å². The van der Waals surface area contributed by atoms with Crippen molar-refractivity contribution >= 4 is 11.6 Å². The summed E-state index contributed by atoms with van der Waals surface area (Å²) in [6, 6.07) is 13.6. The van der Waals surface area contributed by atoms with Gasteiger partial charge in [0.15, 0.2) is 5.82 Å². The van der Waals surface area contributed by atoms with E-state index in [4.69, 9.17) is 11.6 Å². The largest absolute Gasteiger partial charge is 0.245 e. The predicted molar refractivity (Wildman–Crippen MR) is 75.7 cm³/mol. The molecule has 0 aliphatic heterocycles. The van der Waals surface area contributed by atoms with Gasteiger partial charge < -0.3 is 0 Å². The third kappa shape index (κ3) is 2.61. The lowest BCUT2D eigenvalue weighted by atomic mass is 10.1. The van der Waals surface area contributed by atoms with Crippen molar-refractivity contribution in [2.45, 2.75) is 0 Å². The highest BCUT2D eigenvalue weighted by atomic mass is 35.5.